The number of hydrogen-bond donors (Lipinski definition) is 1. The number of carbonyl (C=O) groups excluding carboxylic acids is 1. The smallest absolute Gasteiger partial charge is 0.253 e. The summed E-state index contributed by atoms with van der Waals surface area (Å²) in [7, 11) is -3.67. The summed E-state index contributed by atoms with van der Waals surface area (Å²) >= 11 is 0. The number of hydrogen-bond acceptors (Lipinski definition) is 4. The SMILES string of the molecule is CCNS(=O)(=O)c1cccc(C(=O)N2CCN(C(c3ccc(F)cc3)c3ccc(F)cc3)CC2)c1. The van der Waals surface area contributed by atoms with E-state index in [0.717, 1.165) is 11.1 Å². The van der Waals surface area contributed by atoms with Gasteiger partial charge in [-0.3, -0.25) is 9.69 Å². The van der Waals surface area contributed by atoms with Crippen LogP contribution in [0.5, 0.6) is 0 Å². The second kappa shape index (κ2) is 10.6. The van der Waals surface area contributed by atoms with Crippen LogP contribution >= 0.6 is 0 Å². The Morgan fingerprint density at radius 3 is 1.94 bits per heavy atom. The highest BCUT2D eigenvalue weighted by atomic mass is 32.2. The molecule has 1 aliphatic heterocycles. The van der Waals surface area contributed by atoms with Gasteiger partial charge in [0.1, 0.15) is 11.6 Å². The number of halogens is 2. The third-order valence-corrected chi connectivity index (χ3v) is 7.61. The van der Waals surface area contributed by atoms with Gasteiger partial charge >= 0.3 is 0 Å². The van der Waals surface area contributed by atoms with E-state index in [1.54, 1.807) is 48.2 Å². The Kier molecular flexibility index (Phi) is 7.59. The summed E-state index contributed by atoms with van der Waals surface area (Å²) in [4.78, 5) is 17.1. The van der Waals surface area contributed by atoms with Gasteiger partial charge in [-0.2, -0.15) is 0 Å². The molecule has 1 heterocycles. The lowest BCUT2D eigenvalue weighted by Gasteiger charge is -2.40. The van der Waals surface area contributed by atoms with Crippen LogP contribution < -0.4 is 4.72 Å². The standard InChI is InChI=1S/C26H27F2N3O3S/c1-2-29-35(33,34)24-5-3-4-21(18-24)26(32)31-16-14-30(15-17-31)25(19-6-10-22(27)11-7-19)20-8-12-23(28)13-9-20/h3-13,18,25,29H,2,14-17H2,1H3. The fourth-order valence-corrected chi connectivity index (χ4v) is 5.43. The van der Waals surface area contributed by atoms with E-state index in [0.29, 0.717) is 31.7 Å². The van der Waals surface area contributed by atoms with Crippen molar-refractivity contribution in [1.29, 1.82) is 0 Å². The molecule has 1 saturated heterocycles. The fraction of sp³-hybridized carbons (Fsp3) is 0.269. The Morgan fingerprint density at radius 2 is 1.43 bits per heavy atom. The van der Waals surface area contributed by atoms with Crippen molar-refractivity contribution < 1.29 is 22.0 Å². The van der Waals surface area contributed by atoms with E-state index in [9.17, 15) is 22.0 Å². The predicted molar refractivity (Wildman–Crippen MR) is 129 cm³/mol. The molecule has 9 heteroatoms. The van der Waals surface area contributed by atoms with E-state index in [1.165, 1.54) is 36.4 Å². The lowest BCUT2D eigenvalue weighted by molar-refractivity contribution is 0.0597. The van der Waals surface area contributed by atoms with Gasteiger partial charge in [-0.05, 0) is 53.6 Å². The lowest BCUT2D eigenvalue weighted by Crippen LogP contribution is -2.49. The molecule has 35 heavy (non-hydrogen) atoms. The van der Waals surface area contributed by atoms with Crippen LogP contribution in [0.25, 0.3) is 0 Å². The molecule has 0 unspecified atom stereocenters. The second-order valence-corrected chi connectivity index (χ2v) is 10.1. The first-order valence-electron chi connectivity index (χ1n) is 11.4. The van der Waals surface area contributed by atoms with E-state index >= 15 is 0 Å². The van der Waals surface area contributed by atoms with Gasteiger partial charge < -0.3 is 4.90 Å². The molecule has 4 rings (SSSR count). The van der Waals surface area contributed by atoms with Crippen LogP contribution in [0.15, 0.2) is 77.7 Å². The Labute approximate surface area is 204 Å². The molecule has 0 atom stereocenters. The average Bonchev–Trinajstić information content (AvgIpc) is 2.86. The van der Waals surface area contributed by atoms with Gasteiger partial charge in [-0.25, -0.2) is 21.9 Å². The van der Waals surface area contributed by atoms with Gasteiger partial charge in [0.15, 0.2) is 0 Å². The molecule has 0 aliphatic carbocycles. The Morgan fingerprint density at radius 1 is 0.886 bits per heavy atom. The van der Waals surface area contributed by atoms with Crippen molar-refractivity contribution in [2.75, 3.05) is 32.7 Å². The molecule has 0 bridgehead atoms. The van der Waals surface area contributed by atoms with Gasteiger partial charge in [0.2, 0.25) is 10.0 Å². The van der Waals surface area contributed by atoms with E-state index in [1.807, 2.05) is 0 Å². The molecular weight excluding hydrogens is 472 g/mol. The first kappa shape index (κ1) is 25.0. The van der Waals surface area contributed by atoms with Crippen molar-refractivity contribution in [2.45, 2.75) is 17.9 Å². The fourth-order valence-electron chi connectivity index (χ4n) is 4.34. The van der Waals surface area contributed by atoms with Crippen LogP contribution in [0.2, 0.25) is 0 Å². The zero-order valence-electron chi connectivity index (χ0n) is 19.3. The molecule has 1 fully saturated rings. The highest BCUT2D eigenvalue weighted by Crippen LogP contribution is 2.30. The monoisotopic (exact) mass is 499 g/mol. The van der Waals surface area contributed by atoms with Gasteiger partial charge in [-0.15, -0.1) is 0 Å². The van der Waals surface area contributed by atoms with E-state index in [-0.39, 0.29) is 35.0 Å². The third kappa shape index (κ3) is 5.75. The quantitative estimate of drug-likeness (QED) is 0.537. The van der Waals surface area contributed by atoms with E-state index in [4.69, 9.17) is 0 Å². The molecule has 0 spiro atoms. The highest BCUT2D eigenvalue weighted by molar-refractivity contribution is 7.89. The Bertz CT molecular complexity index is 1230. The minimum Gasteiger partial charge on any atom is -0.336 e. The topological polar surface area (TPSA) is 69.7 Å². The van der Waals surface area contributed by atoms with Crippen molar-refractivity contribution >= 4 is 15.9 Å². The van der Waals surface area contributed by atoms with E-state index in [2.05, 4.69) is 9.62 Å². The van der Waals surface area contributed by atoms with Crippen molar-refractivity contribution in [1.82, 2.24) is 14.5 Å². The first-order chi connectivity index (χ1) is 16.8. The molecular formula is C26H27F2N3O3S. The molecule has 0 aromatic heterocycles. The Balaban J connectivity index is 1.52. The summed E-state index contributed by atoms with van der Waals surface area (Å²) in [6, 6.07) is 18.3. The molecule has 184 valence electrons. The molecule has 1 amide bonds. The normalized spacial score (nSPS) is 14.9. The maximum Gasteiger partial charge on any atom is 0.253 e. The van der Waals surface area contributed by atoms with Crippen LogP contribution in [0, 0.1) is 11.6 Å². The number of amides is 1. The summed E-state index contributed by atoms with van der Waals surface area (Å²) in [6.07, 6.45) is 0. The van der Waals surface area contributed by atoms with Gasteiger partial charge in [-0.1, -0.05) is 37.3 Å². The number of benzene rings is 3. The number of piperazine rings is 1. The number of nitrogens with zero attached hydrogens (tertiary/aromatic N) is 2. The van der Waals surface area contributed by atoms with Crippen LogP contribution in [0.3, 0.4) is 0 Å². The largest absolute Gasteiger partial charge is 0.336 e. The van der Waals surface area contributed by atoms with Gasteiger partial charge in [0, 0.05) is 38.3 Å². The number of rotatable bonds is 7. The molecule has 3 aromatic rings. The van der Waals surface area contributed by atoms with E-state index < -0.39 is 10.0 Å². The summed E-state index contributed by atoms with van der Waals surface area (Å²) in [6.45, 7) is 3.90. The zero-order chi connectivity index (χ0) is 25.0. The molecule has 1 N–H and O–H groups in total. The molecule has 0 radical (unpaired) electrons. The van der Waals surface area contributed by atoms with Crippen LogP contribution in [0.1, 0.15) is 34.5 Å². The van der Waals surface area contributed by atoms with Crippen LogP contribution in [-0.4, -0.2) is 56.8 Å². The molecule has 0 saturated carbocycles. The molecule has 1 aliphatic rings. The Hall–Kier alpha value is -3.14. The van der Waals surface area contributed by atoms with Crippen LogP contribution in [-0.2, 0) is 10.0 Å². The maximum atomic E-state index is 13.5. The minimum atomic E-state index is -3.67. The minimum absolute atomic E-state index is 0.0523. The number of nitrogens with one attached hydrogen (secondary N) is 1. The number of sulfonamides is 1. The summed E-state index contributed by atoms with van der Waals surface area (Å²) < 4.78 is 54.2. The molecule has 6 nitrogen and oxygen atoms in total. The maximum absolute atomic E-state index is 13.5. The van der Waals surface area contributed by atoms with Gasteiger partial charge in [0.05, 0.1) is 10.9 Å². The zero-order valence-corrected chi connectivity index (χ0v) is 20.1. The summed E-state index contributed by atoms with van der Waals surface area (Å²) in [5.41, 5.74) is 2.06. The van der Waals surface area contributed by atoms with Crippen molar-refractivity contribution in [2.24, 2.45) is 0 Å². The summed E-state index contributed by atoms with van der Waals surface area (Å²) in [5.74, 6) is -0.904. The lowest BCUT2D eigenvalue weighted by atomic mass is 9.96. The first-order valence-corrected chi connectivity index (χ1v) is 12.9. The van der Waals surface area contributed by atoms with Crippen molar-refractivity contribution in [3.63, 3.8) is 0 Å². The van der Waals surface area contributed by atoms with Gasteiger partial charge in [0.25, 0.3) is 5.91 Å². The van der Waals surface area contributed by atoms with Crippen LogP contribution in [0.4, 0.5) is 8.78 Å². The number of carbonyl (C=O) groups is 1. The molecule has 3 aromatic carbocycles. The second-order valence-electron chi connectivity index (χ2n) is 8.36. The van der Waals surface area contributed by atoms with Crippen molar-refractivity contribution in [3.8, 4) is 0 Å². The summed E-state index contributed by atoms with van der Waals surface area (Å²) in [5, 5.41) is 0. The highest BCUT2D eigenvalue weighted by Gasteiger charge is 2.29. The third-order valence-electron chi connectivity index (χ3n) is 6.06. The average molecular weight is 500 g/mol. The van der Waals surface area contributed by atoms with Crippen molar-refractivity contribution in [3.05, 3.63) is 101 Å². The predicted octanol–water partition coefficient (Wildman–Crippen LogP) is 3.81.